The van der Waals surface area contributed by atoms with E-state index in [1.807, 2.05) is 32.9 Å². The molecular formula is C17H28N2O2. The summed E-state index contributed by atoms with van der Waals surface area (Å²) < 4.78 is 0. The number of hydrogen-bond acceptors (Lipinski definition) is 3. The number of nitrogens with zero attached hydrogens (tertiary/aromatic N) is 1. The molecule has 0 aliphatic carbocycles. The summed E-state index contributed by atoms with van der Waals surface area (Å²) in [5.41, 5.74) is 2.53. The molecule has 2 amide bonds. The van der Waals surface area contributed by atoms with Crippen LogP contribution in [0.2, 0.25) is 0 Å². The van der Waals surface area contributed by atoms with E-state index in [0.29, 0.717) is 6.42 Å². The van der Waals surface area contributed by atoms with Crippen LogP contribution in [0, 0.1) is 0 Å². The van der Waals surface area contributed by atoms with Crippen LogP contribution in [0.4, 0.5) is 0 Å². The molecule has 0 bridgehead atoms. The summed E-state index contributed by atoms with van der Waals surface area (Å²) in [4.78, 5) is 25.2. The second-order valence-corrected chi connectivity index (χ2v) is 4.62. The summed E-state index contributed by atoms with van der Waals surface area (Å²) in [7, 11) is 0. The Morgan fingerprint density at radius 3 is 2.10 bits per heavy atom. The van der Waals surface area contributed by atoms with Gasteiger partial charge in [-0.15, -0.1) is 0 Å². The third-order valence-corrected chi connectivity index (χ3v) is 3.38. The van der Waals surface area contributed by atoms with Crippen LogP contribution < -0.4 is 5.32 Å². The van der Waals surface area contributed by atoms with Crippen molar-refractivity contribution in [2.24, 2.45) is 0 Å². The maximum Gasteiger partial charge on any atom is 0.243 e. The lowest BCUT2D eigenvalue weighted by Gasteiger charge is -2.22. The lowest BCUT2D eigenvalue weighted by atomic mass is 10.1. The molecule has 0 saturated heterocycles. The maximum absolute atomic E-state index is 11.9. The quantitative estimate of drug-likeness (QED) is 0.931. The average Bonchev–Trinajstić information content (AvgIpc) is 2.92. The van der Waals surface area contributed by atoms with Gasteiger partial charge >= 0.3 is 0 Å². The molecule has 1 heterocycles. The van der Waals surface area contributed by atoms with Gasteiger partial charge < -0.3 is 0 Å². The van der Waals surface area contributed by atoms with E-state index in [2.05, 4.69) is 22.3 Å². The molecule has 4 nitrogen and oxygen atoms in total. The van der Waals surface area contributed by atoms with E-state index in [0.717, 1.165) is 13.1 Å². The molecule has 0 saturated carbocycles. The van der Waals surface area contributed by atoms with Crippen LogP contribution in [0.15, 0.2) is 24.3 Å². The Bertz CT molecular complexity index is 447. The molecule has 1 N–H and O–H groups in total. The number of amides is 2. The van der Waals surface area contributed by atoms with E-state index < -0.39 is 0 Å². The molecule has 1 atom stereocenters. The number of carbonyl (C=O) groups excluding carboxylic acids is 2. The normalized spacial score (nSPS) is 14.1. The molecule has 2 rings (SSSR count). The van der Waals surface area contributed by atoms with E-state index in [1.54, 1.807) is 6.92 Å². The highest BCUT2D eigenvalue weighted by Gasteiger charge is 2.27. The van der Waals surface area contributed by atoms with Gasteiger partial charge in [0.05, 0.1) is 6.04 Å². The number of carbonyl (C=O) groups is 2. The van der Waals surface area contributed by atoms with E-state index in [-0.39, 0.29) is 25.3 Å². The molecule has 0 fully saturated rings. The van der Waals surface area contributed by atoms with Gasteiger partial charge in [0.2, 0.25) is 11.8 Å². The third-order valence-electron chi connectivity index (χ3n) is 3.38. The van der Waals surface area contributed by atoms with Gasteiger partial charge in [-0.3, -0.25) is 19.8 Å². The Labute approximate surface area is 128 Å². The van der Waals surface area contributed by atoms with Crippen molar-refractivity contribution in [2.45, 2.75) is 60.7 Å². The third kappa shape index (κ3) is 4.97. The monoisotopic (exact) mass is 292 g/mol. The summed E-state index contributed by atoms with van der Waals surface area (Å²) in [6, 6.07) is 7.89. The summed E-state index contributed by atoms with van der Waals surface area (Å²) in [5, 5.41) is 2.41. The molecule has 1 aromatic carbocycles. The Morgan fingerprint density at radius 2 is 1.67 bits per heavy atom. The van der Waals surface area contributed by atoms with Crippen LogP contribution in [-0.4, -0.2) is 22.8 Å². The van der Waals surface area contributed by atoms with Crippen LogP contribution in [-0.2, 0) is 22.7 Å². The highest BCUT2D eigenvalue weighted by atomic mass is 16.2. The second-order valence-electron chi connectivity index (χ2n) is 4.62. The summed E-state index contributed by atoms with van der Waals surface area (Å²) in [5.74, 6) is -0.432. The van der Waals surface area contributed by atoms with Crippen LogP contribution in [0.1, 0.15) is 52.7 Å². The van der Waals surface area contributed by atoms with E-state index in [4.69, 9.17) is 0 Å². The molecule has 21 heavy (non-hydrogen) atoms. The first-order valence-electron chi connectivity index (χ1n) is 7.26. The number of hydrogen-bond donors (Lipinski definition) is 1. The fourth-order valence-corrected chi connectivity index (χ4v) is 2.13. The molecule has 1 aromatic rings. The van der Waals surface area contributed by atoms with Crippen LogP contribution in [0.25, 0.3) is 0 Å². The molecule has 0 spiro atoms. The molecule has 1 aliphatic rings. The maximum atomic E-state index is 11.9. The lowest BCUT2D eigenvalue weighted by molar-refractivity contribution is -0.133. The minimum Gasteiger partial charge on any atom is -0.295 e. The van der Waals surface area contributed by atoms with Crippen molar-refractivity contribution in [2.75, 3.05) is 0 Å². The molecule has 1 unspecified atom stereocenters. The molecule has 0 aromatic heterocycles. The van der Waals surface area contributed by atoms with Gasteiger partial charge in [-0.25, -0.2) is 0 Å². The molecular weight excluding hydrogens is 264 g/mol. The SMILES string of the molecule is C.CC.CCC(=O)NC(=O)C(C)N1Cc2ccccc2C1. The van der Waals surface area contributed by atoms with Crippen molar-refractivity contribution in [1.29, 1.82) is 0 Å². The topological polar surface area (TPSA) is 49.4 Å². The molecule has 118 valence electrons. The van der Waals surface area contributed by atoms with E-state index in [1.165, 1.54) is 11.1 Å². The standard InChI is InChI=1S/C14H18N2O2.C2H6.CH4/c1-3-13(17)15-14(18)10(2)16-8-11-6-4-5-7-12(11)9-16;1-2;/h4-7,10H,3,8-9H2,1-2H3,(H,15,17,18);1-2H3;1H4. The Balaban J connectivity index is 0.00000128. The number of nitrogens with one attached hydrogen (secondary N) is 1. The second kappa shape index (κ2) is 9.29. The first-order chi connectivity index (χ1) is 9.61. The van der Waals surface area contributed by atoms with Gasteiger partial charge in [-0.05, 0) is 18.1 Å². The van der Waals surface area contributed by atoms with Gasteiger partial charge in [-0.2, -0.15) is 0 Å². The molecule has 0 radical (unpaired) electrons. The van der Waals surface area contributed by atoms with E-state index >= 15 is 0 Å². The Hall–Kier alpha value is -1.68. The van der Waals surface area contributed by atoms with Crippen molar-refractivity contribution in [1.82, 2.24) is 10.2 Å². The fraction of sp³-hybridized carbons (Fsp3) is 0.529. The smallest absolute Gasteiger partial charge is 0.243 e. The predicted octanol–water partition coefficient (Wildman–Crippen LogP) is 3.11. The van der Waals surface area contributed by atoms with Crippen molar-refractivity contribution in [3.8, 4) is 0 Å². The highest BCUT2D eigenvalue weighted by Crippen LogP contribution is 2.23. The van der Waals surface area contributed by atoms with Crippen molar-refractivity contribution >= 4 is 11.8 Å². The largest absolute Gasteiger partial charge is 0.295 e. The Kier molecular flexibility index (Phi) is 8.55. The fourth-order valence-electron chi connectivity index (χ4n) is 2.13. The Morgan fingerprint density at radius 1 is 1.19 bits per heavy atom. The number of fused-ring (bicyclic) bond motifs is 1. The highest BCUT2D eigenvalue weighted by molar-refractivity contribution is 5.97. The van der Waals surface area contributed by atoms with Crippen LogP contribution in [0.3, 0.4) is 0 Å². The van der Waals surface area contributed by atoms with E-state index in [9.17, 15) is 9.59 Å². The molecule has 4 heteroatoms. The summed E-state index contributed by atoms with van der Waals surface area (Å²) in [6.45, 7) is 9.11. The average molecular weight is 292 g/mol. The first kappa shape index (κ1) is 19.3. The first-order valence-corrected chi connectivity index (χ1v) is 7.26. The van der Waals surface area contributed by atoms with Gasteiger partial charge in [0, 0.05) is 19.5 Å². The number of rotatable bonds is 3. The number of benzene rings is 1. The zero-order valence-electron chi connectivity index (χ0n) is 12.8. The van der Waals surface area contributed by atoms with Gasteiger partial charge in [0.15, 0.2) is 0 Å². The van der Waals surface area contributed by atoms with Gasteiger partial charge in [0.1, 0.15) is 0 Å². The zero-order valence-corrected chi connectivity index (χ0v) is 12.8. The van der Waals surface area contributed by atoms with Gasteiger partial charge in [0.25, 0.3) is 0 Å². The van der Waals surface area contributed by atoms with Crippen molar-refractivity contribution in [3.63, 3.8) is 0 Å². The van der Waals surface area contributed by atoms with Crippen molar-refractivity contribution < 1.29 is 9.59 Å². The van der Waals surface area contributed by atoms with Gasteiger partial charge in [-0.1, -0.05) is 52.5 Å². The summed E-state index contributed by atoms with van der Waals surface area (Å²) >= 11 is 0. The van der Waals surface area contributed by atoms with Crippen LogP contribution in [0.5, 0.6) is 0 Å². The minimum atomic E-state index is -0.284. The summed E-state index contributed by atoms with van der Waals surface area (Å²) in [6.07, 6.45) is 0.332. The predicted molar refractivity (Wildman–Crippen MR) is 86.7 cm³/mol. The van der Waals surface area contributed by atoms with Crippen molar-refractivity contribution in [3.05, 3.63) is 35.4 Å². The molecule has 1 aliphatic heterocycles. The zero-order chi connectivity index (χ0) is 15.1. The minimum absolute atomic E-state index is 0. The lowest BCUT2D eigenvalue weighted by Crippen LogP contribution is -2.44. The van der Waals surface area contributed by atoms with Crippen LogP contribution >= 0.6 is 0 Å². The number of imide groups is 1.